The second kappa shape index (κ2) is 7.69. The predicted molar refractivity (Wildman–Crippen MR) is 91.6 cm³/mol. The van der Waals surface area contributed by atoms with Gasteiger partial charge in [-0.25, -0.2) is 0 Å². The van der Waals surface area contributed by atoms with Crippen molar-refractivity contribution in [2.75, 3.05) is 11.9 Å². The normalized spacial score (nSPS) is 10.0. The van der Waals surface area contributed by atoms with Crippen molar-refractivity contribution in [1.82, 2.24) is 5.32 Å². The van der Waals surface area contributed by atoms with Gasteiger partial charge in [-0.1, -0.05) is 24.3 Å². The van der Waals surface area contributed by atoms with Crippen LogP contribution in [0.5, 0.6) is 0 Å². The van der Waals surface area contributed by atoms with Crippen LogP contribution in [-0.4, -0.2) is 24.1 Å². The average Bonchev–Trinajstić information content (AvgIpc) is 2.53. The number of rotatable bonds is 5. The van der Waals surface area contributed by atoms with E-state index >= 15 is 0 Å². The highest BCUT2D eigenvalue weighted by Gasteiger charge is 2.11. The molecule has 0 aliphatic rings. The zero-order chi connectivity index (χ0) is 16.8. The first-order chi connectivity index (χ1) is 11.0. The lowest BCUT2D eigenvalue weighted by Gasteiger charge is -2.08. The molecule has 2 amide bonds. The Labute approximate surface area is 142 Å². The van der Waals surface area contributed by atoms with E-state index < -0.39 is 0 Å². The van der Waals surface area contributed by atoms with Crippen LogP contribution < -0.4 is 10.6 Å². The number of nitrogens with one attached hydrogen (secondary N) is 2. The Morgan fingerprint density at radius 1 is 1.04 bits per heavy atom. The van der Waals surface area contributed by atoms with Crippen LogP contribution in [0.4, 0.5) is 5.69 Å². The summed E-state index contributed by atoms with van der Waals surface area (Å²) in [5.41, 5.74) is 1.48. The zero-order valence-corrected chi connectivity index (χ0v) is 14.0. The lowest BCUT2D eigenvalue weighted by atomic mass is 10.1. The zero-order valence-electron chi connectivity index (χ0n) is 12.4. The van der Waals surface area contributed by atoms with Gasteiger partial charge in [-0.3, -0.25) is 14.4 Å². The lowest BCUT2D eigenvalue weighted by molar-refractivity contribution is -0.115. The van der Waals surface area contributed by atoms with Crippen LogP contribution in [0.25, 0.3) is 0 Å². The Balaban J connectivity index is 1.93. The SMILES string of the molecule is CC(=O)c1cccc(NC(=O)CNC(=O)c2ccccc2Br)c1. The van der Waals surface area contributed by atoms with Crippen molar-refractivity contribution < 1.29 is 14.4 Å². The van der Waals surface area contributed by atoms with E-state index in [9.17, 15) is 14.4 Å². The number of halogens is 1. The number of ketones is 1. The molecule has 23 heavy (non-hydrogen) atoms. The molecule has 0 aliphatic heterocycles. The van der Waals surface area contributed by atoms with E-state index in [1.165, 1.54) is 6.92 Å². The molecule has 0 bridgehead atoms. The summed E-state index contributed by atoms with van der Waals surface area (Å²) in [4.78, 5) is 35.2. The number of amides is 2. The minimum atomic E-state index is -0.369. The molecule has 0 heterocycles. The predicted octanol–water partition coefficient (Wildman–Crippen LogP) is 3.02. The van der Waals surface area contributed by atoms with Gasteiger partial charge in [-0.15, -0.1) is 0 Å². The molecular formula is C17H15BrN2O3. The fraction of sp³-hybridized carbons (Fsp3) is 0.118. The van der Waals surface area contributed by atoms with Crippen LogP contribution in [-0.2, 0) is 4.79 Å². The largest absolute Gasteiger partial charge is 0.343 e. The third-order valence-electron chi connectivity index (χ3n) is 3.08. The Hall–Kier alpha value is -2.47. The van der Waals surface area contributed by atoms with Gasteiger partial charge in [0.05, 0.1) is 12.1 Å². The third-order valence-corrected chi connectivity index (χ3v) is 3.77. The molecule has 0 aromatic heterocycles. The number of carbonyl (C=O) groups is 3. The lowest BCUT2D eigenvalue weighted by Crippen LogP contribution is -2.33. The van der Waals surface area contributed by atoms with E-state index in [0.29, 0.717) is 21.3 Å². The van der Waals surface area contributed by atoms with Gasteiger partial charge < -0.3 is 10.6 Å². The molecule has 0 unspecified atom stereocenters. The van der Waals surface area contributed by atoms with Gasteiger partial charge in [0, 0.05) is 15.7 Å². The highest BCUT2D eigenvalue weighted by atomic mass is 79.9. The second-order valence-electron chi connectivity index (χ2n) is 4.85. The van der Waals surface area contributed by atoms with Crippen LogP contribution in [0.3, 0.4) is 0 Å². The maximum atomic E-state index is 12.0. The molecule has 0 aliphatic carbocycles. The molecule has 0 spiro atoms. The van der Waals surface area contributed by atoms with E-state index in [2.05, 4.69) is 26.6 Å². The molecule has 0 saturated heterocycles. The molecule has 0 atom stereocenters. The van der Waals surface area contributed by atoms with Gasteiger partial charge in [-0.2, -0.15) is 0 Å². The maximum Gasteiger partial charge on any atom is 0.252 e. The average molecular weight is 375 g/mol. The van der Waals surface area contributed by atoms with Crippen molar-refractivity contribution in [3.05, 3.63) is 64.1 Å². The van der Waals surface area contributed by atoms with Crippen LogP contribution >= 0.6 is 15.9 Å². The Morgan fingerprint density at radius 3 is 2.48 bits per heavy atom. The van der Waals surface area contributed by atoms with E-state index in [1.54, 1.807) is 48.5 Å². The highest BCUT2D eigenvalue weighted by molar-refractivity contribution is 9.10. The molecule has 2 aromatic rings. The van der Waals surface area contributed by atoms with Crippen molar-refractivity contribution >= 4 is 39.2 Å². The van der Waals surface area contributed by atoms with Gasteiger partial charge in [-0.05, 0) is 47.1 Å². The Morgan fingerprint density at radius 2 is 1.78 bits per heavy atom. The second-order valence-corrected chi connectivity index (χ2v) is 5.70. The summed E-state index contributed by atoms with van der Waals surface area (Å²) in [6.07, 6.45) is 0. The smallest absolute Gasteiger partial charge is 0.252 e. The molecule has 2 rings (SSSR count). The Kier molecular flexibility index (Phi) is 5.65. The highest BCUT2D eigenvalue weighted by Crippen LogP contribution is 2.15. The van der Waals surface area contributed by atoms with Crippen molar-refractivity contribution in [2.24, 2.45) is 0 Å². The maximum absolute atomic E-state index is 12.0. The van der Waals surface area contributed by atoms with Gasteiger partial charge in [0.15, 0.2) is 5.78 Å². The monoisotopic (exact) mass is 374 g/mol. The number of anilines is 1. The minimum Gasteiger partial charge on any atom is -0.343 e. The molecule has 0 radical (unpaired) electrons. The standard InChI is InChI=1S/C17H15BrN2O3/c1-11(21)12-5-4-6-13(9-12)20-16(22)10-19-17(23)14-7-2-3-8-15(14)18/h2-9H,10H2,1H3,(H,19,23)(H,20,22). The number of hydrogen-bond acceptors (Lipinski definition) is 3. The number of benzene rings is 2. The summed E-state index contributed by atoms with van der Waals surface area (Å²) in [6.45, 7) is 1.29. The number of hydrogen-bond donors (Lipinski definition) is 2. The van der Waals surface area contributed by atoms with E-state index in [1.807, 2.05) is 0 Å². The molecule has 0 saturated carbocycles. The summed E-state index contributed by atoms with van der Waals surface area (Å²) in [6, 6.07) is 13.6. The van der Waals surface area contributed by atoms with Crippen LogP contribution in [0, 0.1) is 0 Å². The van der Waals surface area contributed by atoms with E-state index in [4.69, 9.17) is 0 Å². The summed E-state index contributed by atoms with van der Waals surface area (Å²) in [5.74, 6) is -0.792. The summed E-state index contributed by atoms with van der Waals surface area (Å²) < 4.78 is 0.659. The summed E-state index contributed by atoms with van der Waals surface area (Å²) >= 11 is 3.29. The van der Waals surface area contributed by atoms with Crippen molar-refractivity contribution in [3.63, 3.8) is 0 Å². The molecular weight excluding hydrogens is 360 g/mol. The van der Waals surface area contributed by atoms with Gasteiger partial charge in [0.1, 0.15) is 0 Å². The van der Waals surface area contributed by atoms with Crippen molar-refractivity contribution in [2.45, 2.75) is 6.92 Å². The van der Waals surface area contributed by atoms with E-state index in [-0.39, 0.29) is 24.1 Å². The molecule has 5 nitrogen and oxygen atoms in total. The van der Waals surface area contributed by atoms with Crippen molar-refractivity contribution in [1.29, 1.82) is 0 Å². The quantitative estimate of drug-likeness (QED) is 0.789. The number of Topliss-reactive ketones (excluding diaryl/α,β-unsaturated/α-hetero) is 1. The van der Waals surface area contributed by atoms with E-state index in [0.717, 1.165) is 0 Å². The van der Waals surface area contributed by atoms with Crippen LogP contribution in [0.15, 0.2) is 53.0 Å². The molecule has 6 heteroatoms. The first-order valence-corrected chi connectivity index (χ1v) is 7.70. The van der Waals surface area contributed by atoms with Gasteiger partial charge in [0.2, 0.25) is 5.91 Å². The molecule has 2 N–H and O–H groups in total. The number of carbonyl (C=O) groups excluding carboxylic acids is 3. The topological polar surface area (TPSA) is 75.3 Å². The third kappa shape index (κ3) is 4.75. The Bertz CT molecular complexity index is 759. The van der Waals surface area contributed by atoms with Crippen LogP contribution in [0.2, 0.25) is 0 Å². The van der Waals surface area contributed by atoms with Gasteiger partial charge >= 0.3 is 0 Å². The minimum absolute atomic E-state index is 0.0803. The molecule has 118 valence electrons. The van der Waals surface area contributed by atoms with Crippen LogP contribution in [0.1, 0.15) is 27.6 Å². The first kappa shape index (κ1) is 16.9. The first-order valence-electron chi connectivity index (χ1n) is 6.91. The summed E-state index contributed by atoms with van der Waals surface area (Å²) in [5, 5.41) is 5.19. The fourth-order valence-electron chi connectivity index (χ4n) is 1.92. The molecule has 0 fully saturated rings. The summed E-state index contributed by atoms with van der Waals surface area (Å²) in [7, 11) is 0. The van der Waals surface area contributed by atoms with Crippen molar-refractivity contribution in [3.8, 4) is 0 Å². The molecule has 2 aromatic carbocycles. The van der Waals surface area contributed by atoms with Gasteiger partial charge in [0.25, 0.3) is 5.91 Å². The fourth-order valence-corrected chi connectivity index (χ4v) is 2.39.